The minimum atomic E-state index is -3.16. The van der Waals surface area contributed by atoms with E-state index in [4.69, 9.17) is 0 Å². The van der Waals surface area contributed by atoms with E-state index in [9.17, 15) is 13.2 Å². The predicted molar refractivity (Wildman–Crippen MR) is 96.3 cm³/mol. The summed E-state index contributed by atoms with van der Waals surface area (Å²) in [6.07, 6.45) is 5.69. The van der Waals surface area contributed by atoms with Gasteiger partial charge >= 0.3 is 6.03 Å². The highest BCUT2D eigenvalue weighted by Gasteiger charge is 2.31. The van der Waals surface area contributed by atoms with Crippen molar-refractivity contribution in [3.8, 4) is 0 Å². The van der Waals surface area contributed by atoms with Crippen LogP contribution in [0.4, 0.5) is 4.79 Å². The molecule has 1 aromatic rings. The van der Waals surface area contributed by atoms with E-state index in [0.29, 0.717) is 5.92 Å². The third-order valence-corrected chi connectivity index (χ3v) is 5.14. The predicted octanol–water partition coefficient (Wildman–Crippen LogP) is 3.12. The van der Waals surface area contributed by atoms with Gasteiger partial charge in [-0.2, -0.15) is 0 Å². The molecule has 2 rings (SSSR count). The molecule has 2 amide bonds. The lowest BCUT2D eigenvalue weighted by atomic mass is 9.86. The molecule has 0 unspecified atom stereocenters. The first-order valence-corrected chi connectivity index (χ1v) is 10.3. The lowest BCUT2D eigenvalue weighted by Gasteiger charge is -2.39. The molecule has 24 heavy (non-hydrogen) atoms. The summed E-state index contributed by atoms with van der Waals surface area (Å²) in [7, 11) is -3.16. The summed E-state index contributed by atoms with van der Waals surface area (Å²) in [4.78, 5) is 14.4. The van der Waals surface area contributed by atoms with Crippen LogP contribution in [-0.2, 0) is 9.84 Å². The molecule has 6 heteroatoms. The standard InChI is InChI=1S/C18H26N2O3S/c1-3-15-10-12-20(17(14-15)16-8-5-4-6-9-16)18(21)19-11-7-13-24(2,22)23/h4-9,13,15,17H,3,10-12,14H2,1-2H3,(H,19,21)/b13-7+/t15-,17+/m0/s1. The van der Waals surface area contributed by atoms with Gasteiger partial charge in [-0.05, 0) is 24.3 Å². The zero-order valence-corrected chi connectivity index (χ0v) is 15.1. The van der Waals surface area contributed by atoms with E-state index in [1.807, 2.05) is 23.1 Å². The maximum Gasteiger partial charge on any atom is 0.318 e. The first-order valence-electron chi connectivity index (χ1n) is 8.36. The van der Waals surface area contributed by atoms with Crippen LogP contribution in [0, 0.1) is 5.92 Å². The summed E-state index contributed by atoms with van der Waals surface area (Å²) < 4.78 is 22.1. The Hall–Kier alpha value is -1.82. The molecule has 0 saturated carbocycles. The second-order valence-electron chi connectivity index (χ2n) is 6.31. The Morgan fingerprint density at radius 2 is 2.04 bits per heavy atom. The summed E-state index contributed by atoms with van der Waals surface area (Å²) in [5.74, 6) is 0.629. The number of hydrogen-bond donors (Lipinski definition) is 1. The number of urea groups is 1. The Kier molecular flexibility index (Phi) is 6.43. The van der Waals surface area contributed by atoms with Crippen LogP contribution in [0.15, 0.2) is 41.8 Å². The Morgan fingerprint density at radius 3 is 2.67 bits per heavy atom. The molecular weight excluding hydrogens is 324 g/mol. The molecule has 2 atom stereocenters. The SMILES string of the molecule is CC[C@H]1CCN(C(=O)NC/C=C/S(C)(=O)=O)[C@@H](c2ccccc2)C1. The second-order valence-corrected chi connectivity index (χ2v) is 8.24. The summed E-state index contributed by atoms with van der Waals surface area (Å²) >= 11 is 0. The van der Waals surface area contributed by atoms with Gasteiger partial charge in [0.2, 0.25) is 0 Å². The lowest BCUT2D eigenvalue weighted by molar-refractivity contribution is 0.126. The Labute approximate surface area is 144 Å². The van der Waals surface area contributed by atoms with E-state index in [0.717, 1.165) is 43.0 Å². The van der Waals surface area contributed by atoms with Crippen molar-refractivity contribution in [2.45, 2.75) is 32.2 Å². The van der Waals surface area contributed by atoms with Crippen molar-refractivity contribution in [1.82, 2.24) is 10.2 Å². The Morgan fingerprint density at radius 1 is 1.33 bits per heavy atom. The summed E-state index contributed by atoms with van der Waals surface area (Å²) in [6.45, 7) is 3.12. The molecule has 1 fully saturated rings. The maximum atomic E-state index is 12.5. The summed E-state index contributed by atoms with van der Waals surface area (Å²) in [6, 6.07) is 10.0. The third kappa shape index (κ3) is 5.37. The van der Waals surface area contributed by atoms with Crippen LogP contribution in [0.5, 0.6) is 0 Å². The third-order valence-electron chi connectivity index (χ3n) is 4.45. The molecule has 1 aliphatic heterocycles. The maximum absolute atomic E-state index is 12.5. The lowest BCUT2D eigenvalue weighted by Crippen LogP contribution is -2.46. The number of amides is 2. The van der Waals surface area contributed by atoms with Gasteiger partial charge in [0.05, 0.1) is 6.04 Å². The molecule has 0 aromatic heterocycles. The highest BCUT2D eigenvalue weighted by atomic mass is 32.2. The minimum absolute atomic E-state index is 0.0730. The van der Waals surface area contributed by atoms with Gasteiger partial charge in [-0.15, -0.1) is 0 Å². The number of carbonyl (C=O) groups excluding carboxylic acids is 1. The molecule has 0 spiro atoms. The second kappa shape index (κ2) is 8.33. The quantitative estimate of drug-likeness (QED) is 0.887. The van der Waals surface area contributed by atoms with Gasteiger partial charge in [0.1, 0.15) is 0 Å². The average molecular weight is 350 g/mol. The fourth-order valence-corrected chi connectivity index (χ4v) is 3.56. The highest BCUT2D eigenvalue weighted by Crippen LogP contribution is 2.35. The van der Waals surface area contributed by atoms with Crippen LogP contribution in [0.1, 0.15) is 37.8 Å². The molecule has 0 bridgehead atoms. The summed E-state index contributed by atoms with van der Waals surface area (Å²) in [5.41, 5.74) is 1.15. The smallest absolute Gasteiger partial charge is 0.318 e. The number of nitrogens with one attached hydrogen (secondary N) is 1. The van der Waals surface area contributed by atoms with Crippen LogP contribution < -0.4 is 5.32 Å². The van der Waals surface area contributed by atoms with Gasteiger partial charge in [-0.3, -0.25) is 0 Å². The van der Waals surface area contributed by atoms with Crippen molar-refractivity contribution < 1.29 is 13.2 Å². The number of hydrogen-bond acceptors (Lipinski definition) is 3. The number of rotatable bonds is 5. The first kappa shape index (κ1) is 18.5. The average Bonchev–Trinajstić information content (AvgIpc) is 2.58. The van der Waals surface area contributed by atoms with Gasteiger partial charge < -0.3 is 10.2 Å². The monoisotopic (exact) mass is 350 g/mol. The zero-order chi connectivity index (χ0) is 17.6. The molecular formula is C18H26N2O3S. The van der Waals surface area contributed by atoms with Crippen molar-refractivity contribution in [2.75, 3.05) is 19.3 Å². The number of benzene rings is 1. The Balaban J connectivity index is 2.05. The normalized spacial score (nSPS) is 21.8. The van der Waals surface area contributed by atoms with Crippen LogP contribution in [0.2, 0.25) is 0 Å². The largest absolute Gasteiger partial charge is 0.334 e. The molecule has 0 radical (unpaired) electrons. The van der Waals surface area contributed by atoms with E-state index in [1.165, 1.54) is 6.08 Å². The van der Waals surface area contributed by atoms with Gasteiger partial charge in [-0.25, -0.2) is 13.2 Å². The number of sulfone groups is 1. The van der Waals surface area contributed by atoms with Gasteiger partial charge in [-0.1, -0.05) is 49.8 Å². The van der Waals surface area contributed by atoms with Crippen LogP contribution in [0.25, 0.3) is 0 Å². The van der Waals surface area contributed by atoms with E-state index in [-0.39, 0.29) is 18.6 Å². The van der Waals surface area contributed by atoms with E-state index in [1.54, 1.807) is 0 Å². The Bertz CT molecular complexity index is 671. The van der Waals surface area contributed by atoms with E-state index in [2.05, 4.69) is 24.4 Å². The first-order chi connectivity index (χ1) is 11.4. The van der Waals surface area contributed by atoms with Gasteiger partial charge in [0, 0.05) is 24.8 Å². The highest BCUT2D eigenvalue weighted by molar-refractivity contribution is 7.93. The molecule has 1 aromatic carbocycles. The molecule has 1 saturated heterocycles. The number of piperidine rings is 1. The van der Waals surface area contributed by atoms with Crippen LogP contribution in [0.3, 0.4) is 0 Å². The van der Waals surface area contributed by atoms with Crippen LogP contribution in [-0.4, -0.2) is 38.7 Å². The number of carbonyl (C=O) groups is 1. The topological polar surface area (TPSA) is 66.5 Å². The van der Waals surface area contributed by atoms with Crippen molar-refractivity contribution in [2.24, 2.45) is 5.92 Å². The van der Waals surface area contributed by atoms with Crippen molar-refractivity contribution in [3.63, 3.8) is 0 Å². The van der Waals surface area contributed by atoms with Crippen LogP contribution >= 0.6 is 0 Å². The zero-order valence-electron chi connectivity index (χ0n) is 14.3. The van der Waals surface area contributed by atoms with Gasteiger partial charge in [0.15, 0.2) is 9.84 Å². The fourth-order valence-electron chi connectivity index (χ4n) is 3.11. The van der Waals surface area contributed by atoms with Gasteiger partial charge in [0.25, 0.3) is 0 Å². The minimum Gasteiger partial charge on any atom is -0.334 e. The molecule has 1 heterocycles. The molecule has 132 valence electrons. The van der Waals surface area contributed by atoms with Crippen molar-refractivity contribution in [1.29, 1.82) is 0 Å². The molecule has 0 aliphatic carbocycles. The van der Waals surface area contributed by atoms with Crippen molar-refractivity contribution >= 4 is 15.9 Å². The van der Waals surface area contributed by atoms with E-state index < -0.39 is 9.84 Å². The molecule has 1 N–H and O–H groups in total. The number of likely N-dealkylation sites (tertiary alicyclic amines) is 1. The molecule has 1 aliphatic rings. The fraction of sp³-hybridized carbons (Fsp3) is 0.500. The number of nitrogens with zero attached hydrogens (tertiary/aromatic N) is 1. The molecule has 5 nitrogen and oxygen atoms in total. The van der Waals surface area contributed by atoms with E-state index >= 15 is 0 Å². The van der Waals surface area contributed by atoms with Crippen molar-refractivity contribution in [3.05, 3.63) is 47.4 Å². The summed E-state index contributed by atoms with van der Waals surface area (Å²) in [5, 5.41) is 3.91.